The van der Waals surface area contributed by atoms with Crippen molar-refractivity contribution in [1.29, 1.82) is 0 Å². The largest absolute Gasteiger partial charge is 0.399 e. The molecule has 0 unspecified atom stereocenters. The van der Waals surface area contributed by atoms with E-state index in [-0.39, 0.29) is 9.92 Å². The molecule has 0 aromatic heterocycles. The van der Waals surface area contributed by atoms with E-state index in [4.69, 9.17) is 17.3 Å². The molecule has 0 aliphatic carbocycles. The van der Waals surface area contributed by atoms with Gasteiger partial charge in [0.25, 0.3) is 0 Å². The molecule has 1 rings (SSSR count). The highest BCUT2D eigenvalue weighted by molar-refractivity contribution is 7.89. The molecule has 0 aliphatic rings. The van der Waals surface area contributed by atoms with Crippen molar-refractivity contribution in [3.63, 3.8) is 0 Å². The summed E-state index contributed by atoms with van der Waals surface area (Å²) >= 11 is 5.93. The number of halogens is 1. The number of hydrogen-bond acceptors (Lipinski definition) is 3. The fraction of sp³-hybridized carbons (Fsp3) is 0.455. The van der Waals surface area contributed by atoms with Crippen LogP contribution < -0.4 is 5.73 Å². The van der Waals surface area contributed by atoms with Crippen molar-refractivity contribution >= 4 is 27.3 Å². The Hall–Kier alpha value is -0.780. The molecule has 0 atom stereocenters. The molecule has 0 bridgehead atoms. The van der Waals surface area contributed by atoms with Gasteiger partial charge in [0.2, 0.25) is 10.0 Å². The second-order valence-corrected chi connectivity index (χ2v) is 6.00. The highest BCUT2D eigenvalue weighted by Crippen LogP contribution is 2.26. The van der Waals surface area contributed by atoms with E-state index in [1.54, 1.807) is 13.0 Å². The lowest BCUT2D eigenvalue weighted by Crippen LogP contribution is -2.31. The van der Waals surface area contributed by atoms with Gasteiger partial charge in [0.15, 0.2) is 0 Å². The lowest BCUT2D eigenvalue weighted by Gasteiger charge is -2.20. The van der Waals surface area contributed by atoms with E-state index < -0.39 is 10.0 Å². The van der Waals surface area contributed by atoms with Crippen LogP contribution in [0.15, 0.2) is 23.1 Å². The molecule has 0 radical (unpaired) electrons. The summed E-state index contributed by atoms with van der Waals surface area (Å²) in [6, 6.07) is 4.44. The number of sulfonamides is 1. The van der Waals surface area contributed by atoms with Crippen molar-refractivity contribution in [3.05, 3.63) is 23.2 Å². The Kier molecular flexibility index (Phi) is 4.80. The first kappa shape index (κ1) is 14.3. The summed E-state index contributed by atoms with van der Waals surface area (Å²) in [5.41, 5.74) is 6.00. The monoisotopic (exact) mass is 276 g/mol. The van der Waals surface area contributed by atoms with Crippen LogP contribution in [0.5, 0.6) is 0 Å². The van der Waals surface area contributed by atoms with Crippen LogP contribution in [-0.4, -0.2) is 25.8 Å². The third-order valence-corrected chi connectivity index (χ3v) is 4.86. The topological polar surface area (TPSA) is 63.4 Å². The molecule has 1 aromatic carbocycles. The predicted molar refractivity (Wildman–Crippen MR) is 70.6 cm³/mol. The molecule has 17 heavy (non-hydrogen) atoms. The minimum Gasteiger partial charge on any atom is -0.399 e. The summed E-state index contributed by atoms with van der Waals surface area (Å²) in [4.78, 5) is 0.115. The summed E-state index contributed by atoms with van der Waals surface area (Å²) in [5, 5.41) is 0.166. The van der Waals surface area contributed by atoms with E-state index in [1.807, 2.05) is 6.92 Å². The van der Waals surface area contributed by atoms with Crippen molar-refractivity contribution in [2.24, 2.45) is 0 Å². The Balaban J connectivity index is 3.20. The van der Waals surface area contributed by atoms with Gasteiger partial charge in [-0.15, -0.1) is 0 Å². The minimum atomic E-state index is -3.51. The molecular weight excluding hydrogens is 260 g/mol. The van der Waals surface area contributed by atoms with Gasteiger partial charge in [-0.1, -0.05) is 25.4 Å². The van der Waals surface area contributed by atoms with E-state index in [0.717, 1.165) is 6.42 Å². The van der Waals surface area contributed by atoms with Crippen LogP contribution in [-0.2, 0) is 10.0 Å². The van der Waals surface area contributed by atoms with Crippen LogP contribution in [0.25, 0.3) is 0 Å². The second kappa shape index (κ2) is 5.71. The van der Waals surface area contributed by atoms with Crippen molar-refractivity contribution in [2.45, 2.75) is 25.2 Å². The molecular formula is C11H17ClN2O2S. The zero-order valence-corrected chi connectivity index (χ0v) is 11.6. The third kappa shape index (κ3) is 3.12. The van der Waals surface area contributed by atoms with Gasteiger partial charge >= 0.3 is 0 Å². The maximum Gasteiger partial charge on any atom is 0.244 e. The average molecular weight is 277 g/mol. The van der Waals surface area contributed by atoms with Crippen LogP contribution >= 0.6 is 11.6 Å². The van der Waals surface area contributed by atoms with Crippen LogP contribution in [0.2, 0.25) is 5.02 Å². The molecule has 0 saturated heterocycles. The molecule has 0 fully saturated rings. The highest BCUT2D eigenvalue weighted by Gasteiger charge is 2.24. The quantitative estimate of drug-likeness (QED) is 0.840. The number of nitrogens with two attached hydrogens (primary N) is 1. The molecule has 0 amide bonds. The molecule has 96 valence electrons. The lowest BCUT2D eigenvalue weighted by atomic mass is 10.3. The molecule has 6 heteroatoms. The number of anilines is 1. The fourth-order valence-corrected chi connectivity index (χ4v) is 3.63. The van der Waals surface area contributed by atoms with Gasteiger partial charge < -0.3 is 5.73 Å². The van der Waals surface area contributed by atoms with E-state index >= 15 is 0 Å². The smallest absolute Gasteiger partial charge is 0.244 e. The molecule has 0 heterocycles. The fourth-order valence-electron chi connectivity index (χ4n) is 1.56. The van der Waals surface area contributed by atoms with E-state index in [1.165, 1.54) is 16.4 Å². The Morgan fingerprint density at radius 2 is 2.00 bits per heavy atom. The van der Waals surface area contributed by atoms with Gasteiger partial charge in [0.1, 0.15) is 4.90 Å². The van der Waals surface area contributed by atoms with Gasteiger partial charge in [0, 0.05) is 18.8 Å². The first-order chi connectivity index (χ1) is 7.93. The van der Waals surface area contributed by atoms with Crippen LogP contribution in [0.3, 0.4) is 0 Å². The van der Waals surface area contributed by atoms with E-state index in [0.29, 0.717) is 18.8 Å². The Labute approximate surface area is 107 Å². The van der Waals surface area contributed by atoms with Gasteiger partial charge in [-0.05, 0) is 24.6 Å². The third-order valence-electron chi connectivity index (χ3n) is 2.40. The van der Waals surface area contributed by atoms with Gasteiger partial charge in [-0.2, -0.15) is 4.31 Å². The maximum atomic E-state index is 12.3. The van der Waals surface area contributed by atoms with Gasteiger partial charge in [0.05, 0.1) is 5.02 Å². The predicted octanol–water partition coefficient (Wildman–Crippen LogP) is 2.34. The number of rotatable bonds is 5. The Morgan fingerprint density at radius 3 is 2.47 bits per heavy atom. The Bertz CT molecular complexity index is 488. The molecule has 0 spiro atoms. The molecule has 0 saturated carbocycles. The zero-order chi connectivity index (χ0) is 13.1. The maximum absolute atomic E-state index is 12.3. The van der Waals surface area contributed by atoms with E-state index in [2.05, 4.69) is 0 Å². The van der Waals surface area contributed by atoms with E-state index in [9.17, 15) is 8.42 Å². The number of nitrogens with zero attached hydrogens (tertiary/aromatic N) is 1. The van der Waals surface area contributed by atoms with Gasteiger partial charge in [-0.25, -0.2) is 8.42 Å². The standard InChI is InChI=1S/C11H17ClN2O2S/c1-3-7-14(4-2)17(15,16)11-6-5-9(13)8-10(11)12/h5-6,8H,3-4,7,13H2,1-2H3. The summed E-state index contributed by atoms with van der Waals surface area (Å²) in [6.07, 6.45) is 0.764. The van der Waals surface area contributed by atoms with Crippen LogP contribution in [0.1, 0.15) is 20.3 Å². The van der Waals surface area contributed by atoms with Crippen LogP contribution in [0, 0.1) is 0 Å². The molecule has 1 aromatic rings. The highest BCUT2D eigenvalue weighted by atomic mass is 35.5. The second-order valence-electron chi connectivity index (χ2n) is 3.69. The first-order valence-electron chi connectivity index (χ1n) is 5.48. The summed E-state index contributed by atoms with van der Waals surface area (Å²) in [6.45, 7) is 4.65. The summed E-state index contributed by atoms with van der Waals surface area (Å²) in [7, 11) is -3.51. The normalized spacial score (nSPS) is 12.0. The lowest BCUT2D eigenvalue weighted by molar-refractivity contribution is 0.427. The zero-order valence-electron chi connectivity index (χ0n) is 9.98. The minimum absolute atomic E-state index is 0.115. The number of nitrogen functional groups attached to an aromatic ring is 1. The number of hydrogen-bond donors (Lipinski definition) is 1. The summed E-state index contributed by atoms with van der Waals surface area (Å²) < 4.78 is 26.0. The van der Waals surface area contributed by atoms with Crippen molar-refractivity contribution in [2.75, 3.05) is 18.8 Å². The molecule has 4 nitrogen and oxygen atoms in total. The van der Waals surface area contributed by atoms with Gasteiger partial charge in [-0.3, -0.25) is 0 Å². The Morgan fingerprint density at radius 1 is 1.35 bits per heavy atom. The molecule has 2 N–H and O–H groups in total. The van der Waals surface area contributed by atoms with Crippen molar-refractivity contribution < 1.29 is 8.42 Å². The van der Waals surface area contributed by atoms with Crippen LogP contribution in [0.4, 0.5) is 5.69 Å². The SMILES string of the molecule is CCCN(CC)S(=O)(=O)c1ccc(N)cc1Cl. The molecule has 0 aliphatic heterocycles. The summed E-state index contributed by atoms with van der Waals surface area (Å²) in [5.74, 6) is 0. The first-order valence-corrected chi connectivity index (χ1v) is 7.30. The number of benzene rings is 1. The average Bonchev–Trinajstić information content (AvgIpc) is 2.24. The van der Waals surface area contributed by atoms with Crippen molar-refractivity contribution in [3.8, 4) is 0 Å². The van der Waals surface area contributed by atoms with Crippen molar-refractivity contribution in [1.82, 2.24) is 4.31 Å².